The molecule has 1 aromatic rings. The van der Waals surface area contributed by atoms with Crippen LogP contribution in [-0.2, 0) is 9.59 Å². The number of carbonyl (C=O) groups is 4. The molecule has 3 amide bonds. The molecule has 0 aromatic heterocycles. The summed E-state index contributed by atoms with van der Waals surface area (Å²) in [6, 6.07) is 5.09. The van der Waals surface area contributed by atoms with E-state index >= 15 is 0 Å². The maximum absolute atomic E-state index is 12.4. The number of aryl methyl sites for hydroxylation is 1. The topological polar surface area (TPSA) is 107 Å². The summed E-state index contributed by atoms with van der Waals surface area (Å²) in [5, 5.41) is 11.7. The van der Waals surface area contributed by atoms with E-state index < -0.39 is 17.8 Å². The molecule has 2 aliphatic rings. The number of fused-ring (bicyclic) bond motifs is 1. The average molecular weight is 373 g/mol. The molecule has 1 heterocycles. The van der Waals surface area contributed by atoms with E-state index in [0.717, 1.165) is 10.5 Å². The first kappa shape index (κ1) is 19.0. The second-order valence-electron chi connectivity index (χ2n) is 7.09. The third-order valence-corrected chi connectivity index (χ3v) is 5.17. The Morgan fingerprint density at radius 2 is 1.89 bits per heavy atom. The summed E-state index contributed by atoms with van der Waals surface area (Å²) in [4.78, 5) is 50.7. The van der Waals surface area contributed by atoms with Gasteiger partial charge in [-0.3, -0.25) is 29.0 Å². The molecule has 0 unspecified atom stereocenters. The highest BCUT2D eigenvalue weighted by molar-refractivity contribution is 6.22. The first-order chi connectivity index (χ1) is 12.8. The van der Waals surface area contributed by atoms with E-state index in [1.165, 1.54) is 0 Å². The Hall–Kier alpha value is -2.74. The number of rotatable bonds is 7. The van der Waals surface area contributed by atoms with Crippen molar-refractivity contribution in [1.29, 1.82) is 0 Å². The molecule has 1 aromatic carbocycles. The predicted octanol–water partition coefficient (Wildman–Crippen LogP) is 0.645. The van der Waals surface area contributed by atoms with Crippen molar-refractivity contribution in [2.75, 3.05) is 19.6 Å². The Balaban J connectivity index is 1.52. The van der Waals surface area contributed by atoms with Crippen molar-refractivity contribution in [3.63, 3.8) is 0 Å². The van der Waals surface area contributed by atoms with Gasteiger partial charge in [-0.1, -0.05) is 18.6 Å². The molecule has 1 aliphatic carbocycles. The Bertz CT molecular complexity index is 801. The summed E-state index contributed by atoms with van der Waals surface area (Å²) < 4.78 is 0. The molecule has 1 fully saturated rings. The van der Waals surface area contributed by atoms with Crippen LogP contribution in [0.15, 0.2) is 18.2 Å². The first-order valence-corrected chi connectivity index (χ1v) is 9.02. The van der Waals surface area contributed by atoms with Crippen LogP contribution in [0.2, 0.25) is 0 Å². The predicted molar refractivity (Wildman–Crippen MR) is 96.4 cm³/mol. The number of benzene rings is 1. The number of carboxylic acids is 1. The van der Waals surface area contributed by atoms with Gasteiger partial charge in [-0.2, -0.15) is 0 Å². The molecule has 27 heavy (non-hydrogen) atoms. The van der Waals surface area contributed by atoms with Crippen LogP contribution in [-0.4, -0.2) is 70.3 Å². The Labute approximate surface area is 157 Å². The van der Waals surface area contributed by atoms with E-state index in [2.05, 4.69) is 5.32 Å². The monoisotopic (exact) mass is 373 g/mol. The fourth-order valence-corrected chi connectivity index (χ4v) is 3.64. The third-order valence-electron chi connectivity index (χ3n) is 5.17. The second kappa shape index (κ2) is 7.48. The zero-order valence-corrected chi connectivity index (χ0v) is 15.4. The van der Waals surface area contributed by atoms with Crippen molar-refractivity contribution in [3.05, 3.63) is 34.9 Å². The number of likely N-dealkylation sites (N-methyl/N-ethyl adjacent to an activating group) is 1. The fourth-order valence-electron chi connectivity index (χ4n) is 3.64. The van der Waals surface area contributed by atoms with Crippen LogP contribution in [0, 0.1) is 6.92 Å². The minimum absolute atomic E-state index is 0.0176. The molecule has 3 rings (SSSR count). The van der Waals surface area contributed by atoms with Crippen LogP contribution in [0.4, 0.5) is 0 Å². The zero-order chi connectivity index (χ0) is 19.7. The lowest BCUT2D eigenvalue weighted by Crippen LogP contribution is -2.56. The summed E-state index contributed by atoms with van der Waals surface area (Å²) in [5.41, 5.74) is 1.54. The number of amides is 3. The van der Waals surface area contributed by atoms with Gasteiger partial charge in [-0.15, -0.1) is 0 Å². The summed E-state index contributed by atoms with van der Waals surface area (Å²) in [7, 11) is 0. The highest BCUT2D eigenvalue weighted by atomic mass is 16.4. The average Bonchev–Trinajstić information content (AvgIpc) is 2.80. The highest BCUT2D eigenvalue weighted by Crippen LogP contribution is 2.26. The number of aliphatic carboxylic acids is 1. The van der Waals surface area contributed by atoms with Gasteiger partial charge in [0.1, 0.15) is 6.54 Å². The van der Waals surface area contributed by atoms with Gasteiger partial charge < -0.3 is 10.4 Å². The molecule has 0 radical (unpaired) electrons. The van der Waals surface area contributed by atoms with Gasteiger partial charge in [0.2, 0.25) is 5.91 Å². The van der Waals surface area contributed by atoms with E-state index in [1.54, 1.807) is 18.2 Å². The number of imide groups is 1. The van der Waals surface area contributed by atoms with Gasteiger partial charge in [0, 0.05) is 12.1 Å². The van der Waals surface area contributed by atoms with E-state index in [1.807, 2.05) is 18.7 Å². The fraction of sp³-hybridized carbons (Fsp3) is 0.474. The quantitative estimate of drug-likeness (QED) is 0.680. The van der Waals surface area contributed by atoms with Gasteiger partial charge >= 0.3 is 5.97 Å². The lowest BCUT2D eigenvalue weighted by atomic mass is 9.85. The smallest absolute Gasteiger partial charge is 0.317 e. The van der Waals surface area contributed by atoms with E-state index in [-0.39, 0.29) is 31.1 Å². The Morgan fingerprint density at radius 3 is 2.52 bits per heavy atom. The maximum Gasteiger partial charge on any atom is 0.317 e. The van der Waals surface area contributed by atoms with Crippen molar-refractivity contribution in [1.82, 2.24) is 15.1 Å². The van der Waals surface area contributed by atoms with Crippen molar-refractivity contribution in [2.24, 2.45) is 0 Å². The minimum Gasteiger partial charge on any atom is -0.480 e. The van der Waals surface area contributed by atoms with Gasteiger partial charge in [0.15, 0.2) is 0 Å². The number of hydrogen-bond acceptors (Lipinski definition) is 5. The van der Waals surface area contributed by atoms with Crippen molar-refractivity contribution in [3.8, 4) is 0 Å². The molecule has 0 bridgehead atoms. The lowest BCUT2D eigenvalue weighted by molar-refractivity contribution is -0.139. The standard InChI is InChI=1S/C19H23N3O5/c1-3-21(10-17(24)25)13-7-12(8-13)20-16(23)9-22-18(26)14-5-4-11(2)6-15(14)19(22)27/h4-6,12-13H,3,7-10H2,1-2H3,(H,20,23)(H,24,25). The van der Waals surface area contributed by atoms with Crippen LogP contribution in [0.3, 0.4) is 0 Å². The molecule has 1 saturated carbocycles. The molecule has 0 spiro atoms. The van der Waals surface area contributed by atoms with Crippen LogP contribution in [0.25, 0.3) is 0 Å². The van der Waals surface area contributed by atoms with E-state index in [0.29, 0.717) is 30.5 Å². The van der Waals surface area contributed by atoms with Crippen molar-refractivity contribution in [2.45, 2.75) is 38.8 Å². The van der Waals surface area contributed by atoms with E-state index in [9.17, 15) is 19.2 Å². The number of nitrogens with one attached hydrogen (secondary N) is 1. The summed E-state index contributed by atoms with van der Waals surface area (Å²) in [6.07, 6.45) is 1.32. The largest absolute Gasteiger partial charge is 0.480 e. The maximum atomic E-state index is 12.4. The van der Waals surface area contributed by atoms with Crippen LogP contribution < -0.4 is 5.32 Å². The molecule has 8 heteroatoms. The SMILES string of the molecule is CCN(CC(=O)O)C1CC(NC(=O)CN2C(=O)c3ccc(C)cc3C2=O)C1. The first-order valence-electron chi connectivity index (χ1n) is 9.02. The number of nitrogens with zero attached hydrogens (tertiary/aromatic N) is 2. The molecule has 1 aliphatic heterocycles. The van der Waals surface area contributed by atoms with Gasteiger partial charge in [0.05, 0.1) is 17.7 Å². The van der Waals surface area contributed by atoms with Gasteiger partial charge in [-0.05, 0) is 38.4 Å². The summed E-state index contributed by atoms with van der Waals surface area (Å²) in [6.45, 7) is 4.05. The highest BCUT2D eigenvalue weighted by Gasteiger charge is 2.38. The molecular weight excluding hydrogens is 350 g/mol. The van der Waals surface area contributed by atoms with E-state index in [4.69, 9.17) is 5.11 Å². The summed E-state index contributed by atoms with van der Waals surface area (Å²) >= 11 is 0. The number of hydrogen-bond donors (Lipinski definition) is 2. The number of carbonyl (C=O) groups excluding carboxylic acids is 3. The van der Waals surface area contributed by atoms with Crippen LogP contribution in [0.5, 0.6) is 0 Å². The van der Waals surface area contributed by atoms with Crippen molar-refractivity contribution >= 4 is 23.7 Å². The molecule has 144 valence electrons. The van der Waals surface area contributed by atoms with Gasteiger partial charge in [0.25, 0.3) is 11.8 Å². The lowest BCUT2D eigenvalue weighted by Gasteiger charge is -2.42. The molecule has 8 nitrogen and oxygen atoms in total. The Kier molecular flexibility index (Phi) is 5.27. The van der Waals surface area contributed by atoms with Crippen LogP contribution >= 0.6 is 0 Å². The molecule has 2 N–H and O–H groups in total. The molecule has 0 atom stereocenters. The van der Waals surface area contributed by atoms with Crippen LogP contribution in [0.1, 0.15) is 46.0 Å². The third kappa shape index (κ3) is 3.85. The normalized spacial score (nSPS) is 21.2. The van der Waals surface area contributed by atoms with Crippen molar-refractivity contribution < 1.29 is 24.3 Å². The number of carboxylic acid groups (broad SMARTS) is 1. The molecule has 0 saturated heterocycles. The summed E-state index contributed by atoms with van der Waals surface area (Å²) in [5.74, 6) is -2.15. The zero-order valence-electron chi connectivity index (χ0n) is 15.4. The minimum atomic E-state index is -0.870. The second-order valence-corrected chi connectivity index (χ2v) is 7.09. The Morgan fingerprint density at radius 1 is 1.22 bits per heavy atom. The molecular formula is C19H23N3O5. The van der Waals surface area contributed by atoms with Gasteiger partial charge in [-0.25, -0.2) is 0 Å².